The average Bonchev–Trinajstić information content (AvgIpc) is 2.25. The van der Waals surface area contributed by atoms with E-state index in [4.69, 9.17) is 16.3 Å². The third kappa shape index (κ3) is 3.91. The number of carbonyl (C=O) groups is 2. The van der Waals surface area contributed by atoms with Gasteiger partial charge in [-0.05, 0) is 38.5 Å². The summed E-state index contributed by atoms with van der Waals surface area (Å²) in [7, 11) is 0. The maximum Gasteiger partial charge on any atom is 0.348 e. The molecule has 2 N–H and O–H groups in total. The monoisotopic (exact) mass is 301 g/mol. The van der Waals surface area contributed by atoms with E-state index in [0.717, 1.165) is 0 Å². The second-order valence-corrected chi connectivity index (χ2v) is 5.70. The van der Waals surface area contributed by atoms with Gasteiger partial charge in [0.05, 0.1) is 5.60 Å². The van der Waals surface area contributed by atoms with Crippen LogP contribution in [0.15, 0.2) is 18.3 Å². The van der Waals surface area contributed by atoms with Gasteiger partial charge in [0.2, 0.25) is 0 Å². The van der Waals surface area contributed by atoms with Crippen molar-refractivity contribution in [2.75, 3.05) is 0 Å². The number of hydrogen-bond acceptors (Lipinski definition) is 4. The molecule has 0 bridgehead atoms. The van der Waals surface area contributed by atoms with Gasteiger partial charge in [0.25, 0.3) is 5.60 Å². The Labute approximate surface area is 121 Å². The van der Waals surface area contributed by atoms with E-state index < -0.39 is 23.1 Å². The number of aliphatic carboxylic acids is 2. The van der Waals surface area contributed by atoms with Crippen molar-refractivity contribution in [1.82, 2.24) is 4.98 Å². The molecule has 1 aromatic heterocycles. The Kier molecular flexibility index (Phi) is 4.73. The zero-order valence-corrected chi connectivity index (χ0v) is 12.1. The van der Waals surface area contributed by atoms with E-state index in [2.05, 4.69) is 4.98 Å². The van der Waals surface area contributed by atoms with Gasteiger partial charge < -0.3 is 14.9 Å². The van der Waals surface area contributed by atoms with E-state index in [-0.39, 0.29) is 11.6 Å². The number of aromatic nitrogens is 1. The standard InChI is InChI=1S/C13H16ClNO5/c1-12(2,3)20-13(10(16)17,11(18)19)7-8-4-5-15-9(14)6-8/h4-6H,7H2,1-3H3,(H,16,17)(H,18,19). The molecule has 0 atom stereocenters. The zero-order chi connectivity index (χ0) is 15.6. The Bertz CT molecular complexity index is 510. The lowest BCUT2D eigenvalue weighted by atomic mass is 9.93. The van der Waals surface area contributed by atoms with E-state index in [1.165, 1.54) is 18.3 Å². The molecule has 0 aliphatic heterocycles. The fourth-order valence-corrected chi connectivity index (χ4v) is 1.93. The van der Waals surface area contributed by atoms with Crippen LogP contribution in [0.4, 0.5) is 0 Å². The number of carboxylic acid groups (broad SMARTS) is 2. The molecule has 1 heterocycles. The van der Waals surface area contributed by atoms with Gasteiger partial charge >= 0.3 is 11.9 Å². The Morgan fingerprint density at radius 1 is 1.30 bits per heavy atom. The predicted octanol–water partition coefficient (Wildman–Crippen LogP) is 2.00. The first kappa shape index (κ1) is 16.4. The van der Waals surface area contributed by atoms with Gasteiger partial charge in [-0.3, -0.25) is 0 Å². The summed E-state index contributed by atoms with van der Waals surface area (Å²) in [5, 5.41) is 18.8. The second kappa shape index (κ2) is 5.76. The highest BCUT2D eigenvalue weighted by atomic mass is 35.5. The molecule has 110 valence electrons. The maximum absolute atomic E-state index is 11.5. The number of carboxylic acids is 2. The van der Waals surface area contributed by atoms with E-state index in [0.29, 0.717) is 5.56 Å². The van der Waals surface area contributed by atoms with Crippen molar-refractivity contribution in [3.8, 4) is 0 Å². The van der Waals surface area contributed by atoms with Crippen LogP contribution in [0.25, 0.3) is 0 Å². The number of hydrogen-bond donors (Lipinski definition) is 2. The molecular weight excluding hydrogens is 286 g/mol. The molecule has 0 aromatic carbocycles. The Balaban J connectivity index is 3.23. The molecule has 0 spiro atoms. The van der Waals surface area contributed by atoms with Crippen molar-refractivity contribution >= 4 is 23.5 Å². The summed E-state index contributed by atoms with van der Waals surface area (Å²) in [6, 6.07) is 2.91. The van der Waals surface area contributed by atoms with Crippen LogP contribution in [0.2, 0.25) is 5.15 Å². The largest absolute Gasteiger partial charge is 0.479 e. The normalized spacial score (nSPS) is 12.2. The Morgan fingerprint density at radius 2 is 1.85 bits per heavy atom. The topological polar surface area (TPSA) is 96.7 Å². The fraction of sp³-hybridized carbons (Fsp3) is 0.462. The molecule has 0 aliphatic carbocycles. The highest BCUT2D eigenvalue weighted by molar-refractivity contribution is 6.29. The fourth-order valence-electron chi connectivity index (χ4n) is 1.73. The zero-order valence-electron chi connectivity index (χ0n) is 11.4. The van der Waals surface area contributed by atoms with Crippen molar-refractivity contribution < 1.29 is 24.5 Å². The molecule has 6 nitrogen and oxygen atoms in total. The summed E-state index contributed by atoms with van der Waals surface area (Å²) >= 11 is 5.72. The van der Waals surface area contributed by atoms with Crippen LogP contribution in [-0.2, 0) is 20.7 Å². The lowest BCUT2D eigenvalue weighted by molar-refractivity contribution is -0.199. The van der Waals surface area contributed by atoms with Crippen LogP contribution in [0.1, 0.15) is 26.3 Å². The summed E-state index contributed by atoms with van der Waals surface area (Å²) < 4.78 is 5.33. The lowest BCUT2D eigenvalue weighted by Gasteiger charge is -2.32. The first-order chi connectivity index (χ1) is 9.07. The average molecular weight is 302 g/mol. The first-order valence-corrected chi connectivity index (χ1v) is 6.22. The third-order valence-electron chi connectivity index (χ3n) is 2.42. The molecule has 0 radical (unpaired) electrons. The molecule has 0 fully saturated rings. The third-order valence-corrected chi connectivity index (χ3v) is 2.62. The van der Waals surface area contributed by atoms with Gasteiger partial charge in [-0.2, -0.15) is 0 Å². The molecule has 20 heavy (non-hydrogen) atoms. The molecule has 0 saturated heterocycles. The van der Waals surface area contributed by atoms with Gasteiger partial charge in [0.1, 0.15) is 5.15 Å². The van der Waals surface area contributed by atoms with Crippen molar-refractivity contribution in [2.45, 2.75) is 38.4 Å². The van der Waals surface area contributed by atoms with Crippen LogP contribution >= 0.6 is 11.6 Å². The molecule has 0 amide bonds. The van der Waals surface area contributed by atoms with Crippen molar-refractivity contribution in [3.63, 3.8) is 0 Å². The van der Waals surface area contributed by atoms with Gasteiger partial charge in [-0.25, -0.2) is 14.6 Å². The van der Waals surface area contributed by atoms with Crippen LogP contribution in [0, 0.1) is 0 Å². The maximum atomic E-state index is 11.5. The minimum Gasteiger partial charge on any atom is -0.479 e. The summed E-state index contributed by atoms with van der Waals surface area (Å²) in [6.45, 7) is 4.77. The quantitative estimate of drug-likeness (QED) is 0.638. The molecule has 1 rings (SSSR count). The number of halogens is 1. The predicted molar refractivity (Wildman–Crippen MR) is 71.8 cm³/mol. The van der Waals surface area contributed by atoms with Crippen LogP contribution in [-0.4, -0.2) is 38.3 Å². The van der Waals surface area contributed by atoms with E-state index in [1.54, 1.807) is 20.8 Å². The van der Waals surface area contributed by atoms with Crippen LogP contribution in [0.5, 0.6) is 0 Å². The molecular formula is C13H16ClNO5. The van der Waals surface area contributed by atoms with Gasteiger partial charge in [-0.1, -0.05) is 11.6 Å². The van der Waals surface area contributed by atoms with E-state index >= 15 is 0 Å². The lowest BCUT2D eigenvalue weighted by Crippen LogP contribution is -2.54. The summed E-state index contributed by atoms with van der Waals surface area (Å²) in [6.07, 6.45) is 1.03. The van der Waals surface area contributed by atoms with Crippen LogP contribution in [0.3, 0.4) is 0 Å². The molecule has 0 unspecified atom stereocenters. The van der Waals surface area contributed by atoms with Crippen molar-refractivity contribution in [3.05, 3.63) is 29.0 Å². The highest BCUT2D eigenvalue weighted by Crippen LogP contribution is 2.26. The SMILES string of the molecule is CC(C)(C)OC(Cc1ccnc(Cl)c1)(C(=O)O)C(=O)O. The summed E-state index contributed by atoms with van der Waals surface area (Å²) in [5.74, 6) is -3.12. The number of ether oxygens (including phenoxy) is 1. The number of pyridine rings is 1. The van der Waals surface area contributed by atoms with Crippen molar-refractivity contribution in [1.29, 1.82) is 0 Å². The van der Waals surface area contributed by atoms with E-state index in [9.17, 15) is 19.8 Å². The van der Waals surface area contributed by atoms with Gasteiger partial charge in [0, 0.05) is 12.6 Å². The molecule has 0 aliphatic rings. The van der Waals surface area contributed by atoms with Crippen LogP contribution < -0.4 is 0 Å². The molecule has 0 saturated carbocycles. The smallest absolute Gasteiger partial charge is 0.348 e. The summed E-state index contributed by atoms with van der Waals surface area (Å²) in [4.78, 5) is 26.7. The minimum absolute atomic E-state index is 0.155. The first-order valence-electron chi connectivity index (χ1n) is 5.84. The highest BCUT2D eigenvalue weighted by Gasteiger charge is 2.50. The minimum atomic E-state index is -2.37. The second-order valence-electron chi connectivity index (χ2n) is 5.32. The Hall–Kier alpha value is -1.66. The Morgan fingerprint density at radius 3 is 2.25 bits per heavy atom. The van der Waals surface area contributed by atoms with Gasteiger partial charge in [-0.15, -0.1) is 0 Å². The number of rotatable bonds is 5. The van der Waals surface area contributed by atoms with Gasteiger partial charge in [0.15, 0.2) is 0 Å². The molecule has 7 heteroatoms. The molecule has 1 aromatic rings. The summed E-state index contributed by atoms with van der Waals surface area (Å²) in [5.41, 5.74) is -2.89. The van der Waals surface area contributed by atoms with E-state index in [1.807, 2.05) is 0 Å². The number of nitrogens with zero attached hydrogens (tertiary/aromatic N) is 1. The van der Waals surface area contributed by atoms with Crippen molar-refractivity contribution in [2.24, 2.45) is 0 Å².